The second kappa shape index (κ2) is 4.66. The molecule has 2 atom stereocenters. The van der Waals surface area contributed by atoms with Crippen molar-refractivity contribution < 1.29 is 9.90 Å². The highest BCUT2D eigenvalue weighted by Gasteiger charge is 2.22. The maximum absolute atomic E-state index is 10.7. The van der Waals surface area contributed by atoms with Gasteiger partial charge in [-0.2, -0.15) is 0 Å². The summed E-state index contributed by atoms with van der Waals surface area (Å²) in [6, 6.07) is -0.764. The van der Waals surface area contributed by atoms with E-state index in [1.807, 2.05) is 6.08 Å². The number of rotatable bonds is 3. The average Bonchev–Trinajstić information content (AvgIpc) is 2.28. The number of fused-ring (bicyclic) bond motifs is 1. The molecule has 0 bridgehead atoms. The number of hydrogen-bond acceptors (Lipinski definition) is 2. The highest BCUT2D eigenvalue weighted by molar-refractivity contribution is 5.73. The Balaban J connectivity index is 2.04. The highest BCUT2D eigenvalue weighted by Crippen LogP contribution is 2.34. The van der Waals surface area contributed by atoms with Gasteiger partial charge in [-0.25, -0.2) is 0 Å². The SMILES string of the molecule is N[C@H](CC1=CC=C2C=CCCC2C1)C(=O)O. The number of nitrogens with two attached hydrogens (primary N) is 1. The lowest BCUT2D eigenvalue weighted by Gasteiger charge is -2.26. The fourth-order valence-corrected chi connectivity index (χ4v) is 2.35. The van der Waals surface area contributed by atoms with Gasteiger partial charge in [0.2, 0.25) is 0 Å². The molecule has 1 unspecified atom stereocenters. The van der Waals surface area contributed by atoms with Crippen molar-refractivity contribution in [2.24, 2.45) is 11.7 Å². The van der Waals surface area contributed by atoms with Crippen LogP contribution in [-0.2, 0) is 4.79 Å². The zero-order valence-electron chi connectivity index (χ0n) is 9.23. The van der Waals surface area contributed by atoms with Crippen LogP contribution in [0.1, 0.15) is 25.7 Å². The van der Waals surface area contributed by atoms with Crippen LogP contribution in [0.5, 0.6) is 0 Å². The Labute approximate surface area is 95.3 Å². The molecule has 0 aromatic carbocycles. The van der Waals surface area contributed by atoms with Gasteiger partial charge in [-0.05, 0) is 37.2 Å². The summed E-state index contributed by atoms with van der Waals surface area (Å²) in [5, 5.41) is 8.77. The van der Waals surface area contributed by atoms with Gasteiger partial charge >= 0.3 is 5.97 Å². The van der Waals surface area contributed by atoms with Gasteiger partial charge in [0.05, 0.1) is 0 Å². The summed E-state index contributed by atoms with van der Waals surface area (Å²) in [6.07, 6.45) is 12.2. The summed E-state index contributed by atoms with van der Waals surface area (Å²) in [5.74, 6) is -0.342. The first kappa shape index (κ1) is 11.1. The molecule has 0 aromatic heterocycles. The van der Waals surface area contributed by atoms with Crippen molar-refractivity contribution >= 4 is 5.97 Å². The first-order chi connectivity index (χ1) is 7.66. The van der Waals surface area contributed by atoms with E-state index in [1.54, 1.807) is 0 Å². The molecule has 2 aliphatic carbocycles. The molecule has 0 amide bonds. The second-order valence-corrected chi connectivity index (χ2v) is 4.52. The van der Waals surface area contributed by atoms with E-state index in [-0.39, 0.29) is 0 Å². The molecule has 0 aliphatic heterocycles. The topological polar surface area (TPSA) is 63.3 Å². The van der Waals surface area contributed by atoms with Gasteiger partial charge in [0.25, 0.3) is 0 Å². The van der Waals surface area contributed by atoms with E-state index >= 15 is 0 Å². The molecule has 2 aliphatic rings. The first-order valence-electron chi connectivity index (χ1n) is 5.71. The largest absolute Gasteiger partial charge is 0.480 e. The van der Waals surface area contributed by atoms with Gasteiger partial charge in [-0.15, -0.1) is 0 Å². The standard InChI is InChI=1S/C13H17NO2/c14-12(13(15)16)8-9-5-6-10-3-1-2-4-11(10)7-9/h1,3,5-6,11-12H,2,4,7-8,14H2,(H,15,16)/t11?,12-/m1/s1. The number of allylic oxidation sites excluding steroid dienone is 5. The molecule has 86 valence electrons. The minimum absolute atomic E-state index is 0.472. The fourth-order valence-electron chi connectivity index (χ4n) is 2.35. The smallest absolute Gasteiger partial charge is 0.320 e. The molecule has 0 radical (unpaired) electrons. The maximum atomic E-state index is 10.7. The third-order valence-electron chi connectivity index (χ3n) is 3.28. The van der Waals surface area contributed by atoms with E-state index < -0.39 is 12.0 Å². The molecule has 16 heavy (non-hydrogen) atoms. The summed E-state index contributed by atoms with van der Waals surface area (Å²) >= 11 is 0. The van der Waals surface area contributed by atoms with Crippen LogP contribution in [0.25, 0.3) is 0 Å². The normalized spacial score (nSPS) is 25.4. The van der Waals surface area contributed by atoms with Gasteiger partial charge < -0.3 is 10.8 Å². The maximum Gasteiger partial charge on any atom is 0.320 e. The molecular weight excluding hydrogens is 202 g/mol. The van der Waals surface area contributed by atoms with E-state index in [1.165, 1.54) is 17.6 Å². The van der Waals surface area contributed by atoms with Crippen molar-refractivity contribution in [1.29, 1.82) is 0 Å². The van der Waals surface area contributed by atoms with Crippen LogP contribution in [-0.4, -0.2) is 17.1 Å². The lowest BCUT2D eigenvalue weighted by molar-refractivity contribution is -0.138. The van der Waals surface area contributed by atoms with Crippen molar-refractivity contribution in [3.8, 4) is 0 Å². The molecule has 0 aromatic rings. The Morgan fingerprint density at radius 3 is 3.12 bits per heavy atom. The molecule has 3 nitrogen and oxygen atoms in total. The Bertz CT molecular complexity index is 379. The van der Waals surface area contributed by atoms with Crippen LogP contribution >= 0.6 is 0 Å². The van der Waals surface area contributed by atoms with Crippen LogP contribution in [0.2, 0.25) is 0 Å². The minimum atomic E-state index is -0.917. The number of carbonyl (C=O) groups is 1. The number of hydrogen-bond donors (Lipinski definition) is 2. The predicted molar refractivity (Wildman–Crippen MR) is 62.9 cm³/mol. The lowest BCUT2D eigenvalue weighted by atomic mass is 9.79. The van der Waals surface area contributed by atoms with E-state index in [4.69, 9.17) is 10.8 Å². The molecule has 0 spiro atoms. The quantitative estimate of drug-likeness (QED) is 0.763. The summed E-state index contributed by atoms with van der Waals surface area (Å²) < 4.78 is 0. The molecule has 3 N–H and O–H groups in total. The van der Waals surface area contributed by atoms with Crippen molar-refractivity contribution in [3.63, 3.8) is 0 Å². The molecule has 0 fully saturated rings. The van der Waals surface area contributed by atoms with E-state index in [2.05, 4.69) is 18.2 Å². The van der Waals surface area contributed by atoms with Crippen molar-refractivity contribution in [2.45, 2.75) is 31.7 Å². The Hall–Kier alpha value is -1.35. The molecular formula is C13H17NO2. The Morgan fingerprint density at radius 2 is 2.38 bits per heavy atom. The van der Waals surface area contributed by atoms with Crippen LogP contribution in [0, 0.1) is 5.92 Å². The lowest BCUT2D eigenvalue weighted by Crippen LogP contribution is -2.31. The zero-order valence-corrected chi connectivity index (χ0v) is 9.23. The number of carboxylic acid groups (broad SMARTS) is 1. The number of aliphatic carboxylic acids is 1. The van der Waals surface area contributed by atoms with Gasteiger partial charge in [-0.3, -0.25) is 4.79 Å². The second-order valence-electron chi connectivity index (χ2n) is 4.52. The van der Waals surface area contributed by atoms with Crippen LogP contribution in [0.3, 0.4) is 0 Å². The molecule has 0 saturated heterocycles. The van der Waals surface area contributed by atoms with Crippen molar-refractivity contribution in [2.75, 3.05) is 0 Å². The van der Waals surface area contributed by atoms with Crippen LogP contribution in [0.4, 0.5) is 0 Å². The molecule has 2 rings (SSSR count). The summed E-state index contributed by atoms with van der Waals surface area (Å²) in [5.41, 5.74) is 8.08. The Morgan fingerprint density at radius 1 is 1.56 bits per heavy atom. The van der Waals surface area contributed by atoms with Crippen molar-refractivity contribution in [3.05, 3.63) is 35.5 Å². The molecule has 0 saturated carbocycles. The monoisotopic (exact) mass is 219 g/mol. The van der Waals surface area contributed by atoms with Gasteiger partial charge in [0, 0.05) is 0 Å². The fraction of sp³-hybridized carbons (Fsp3) is 0.462. The third-order valence-corrected chi connectivity index (χ3v) is 3.28. The number of carboxylic acids is 1. The Kier molecular flexibility index (Phi) is 3.25. The van der Waals surface area contributed by atoms with Crippen LogP contribution < -0.4 is 5.73 Å². The van der Waals surface area contributed by atoms with Gasteiger partial charge in [0.15, 0.2) is 0 Å². The minimum Gasteiger partial charge on any atom is -0.480 e. The van der Waals surface area contributed by atoms with E-state index in [0.717, 1.165) is 12.8 Å². The molecule has 3 heteroatoms. The highest BCUT2D eigenvalue weighted by atomic mass is 16.4. The van der Waals surface area contributed by atoms with E-state index in [9.17, 15) is 4.79 Å². The first-order valence-corrected chi connectivity index (χ1v) is 5.71. The zero-order chi connectivity index (χ0) is 11.5. The summed E-state index contributed by atoms with van der Waals surface area (Å²) in [6.45, 7) is 0. The average molecular weight is 219 g/mol. The van der Waals surface area contributed by atoms with Gasteiger partial charge in [0.1, 0.15) is 6.04 Å². The van der Waals surface area contributed by atoms with Crippen LogP contribution in [0.15, 0.2) is 35.5 Å². The van der Waals surface area contributed by atoms with E-state index in [0.29, 0.717) is 12.3 Å². The molecule has 0 heterocycles. The summed E-state index contributed by atoms with van der Waals surface area (Å²) in [7, 11) is 0. The summed E-state index contributed by atoms with van der Waals surface area (Å²) in [4.78, 5) is 10.7. The van der Waals surface area contributed by atoms with Crippen molar-refractivity contribution in [1.82, 2.24) is 0 Å². The predicted octanol–water partition coefficient (Wildman–Crippen LogP) is 2.01. The third kappa shape index (κ3) is 2.42. The van der Waals surface area contributed by atoms with Gasteiger partial charge in [-0.1, -0.05) is 29.9 Å².